The van der Waals surface area contributed by atoms with Gasteiger partial charge in [-0.05, 0) is 32.6 Å². The van der Waals surface area contributed by atoms with Crippen molar-refractivity contribution in [3.05, 3.63) is 12.3 Å². The van der Waals surface area contributed by atoms with Crippen molar-refractivity contribution in [2.75, 3.05) is 13.1 Å². The topological polar surface area (TPSA) is 3.24 Å². The SMILES string of the molecule is C=C(C1CC1)N(CC)CC. The van der Waals surface area contributed by atoms with Gasteiger partial charge >= 0.3 is 0 Å². The fraction of sp³-hybridized carbons (Fsp3) is 0.778. The molecule has 1 aliphatic rings. The molecule has 0 heterocycles. The first-order valence-electron chi connectivity index (χ1n) is 4.23. The molecule has 0 atom stereocenters. The normalized spacial score (nSPS) is 17.0. The molecule has 1 aliphatic carbocycles. The Bertz CT molecular complexity index is 121. The van der Waals surface area contributed by atoms with Gasteiger partial charge in [0.25, 0.3) is 0 Å². The Morgan fingerprint density at radius 1 is 1.40 bits per heavy atom. The highest BCUT2D eigenvalue weighted by atomic mass is 15.1. The van der Waals surface area contributed by atoms with Crippen LogP contribution in [0.25, 0.3) is 0 Å². The summed E-state index contributed by atoms with van der Waals surface area (Å²) in [5.74, 6) is 0.833. The monoisotopic (exact) mass is 139 g/mol. The van der Waals surface area contributed by atoms with E-state index in [4.69, 9.17) is 0 Å². The first kappa shape index (κ1) is 7.64. The zero-order chi connectivity index (χ0) is 7.56. The van der Waals surface area contributed by atoms with E-state index < -0.39 is 0 Å². The van der Waals surface area contributed by atoms with E-state index in [2.05, 4.69) is 25.3 Å². The van der Waals surface area contributed by atoms with Crippen LogP contribution in [0.2, 0.25) is 0 Å². The lowest BCUT2D eigenvalue weighted by molar-refractivity contribution is 0.364. The minimum Gasteiger partial charge on any atom is -0.376 e. The molecular formula is C9H17N. The average molecular weight is 139 g/mol. The molecule has 0 N–H and O–H groups in total. The first-order valence-corrected chi connectivity index (χ1v) is 4.23. The van der Waals surface area contributed by atoms with Gasteiger partial charge in [-0.3, -0.25) is 0 Å². The minimum atomic E-state index is 0.833. The van der Waals surface area contributed by atoms with Crippen molar-refractivity contribution in [2.24, 2.45) is 5.92 Å². The molecular weight excluding hydrogens is 122 g/mol. The van der Waals surface area contributed by atoms with Crippen molar-refractivity contribution in [1.82, 2.24) is 4.90 Å². The Balaban J connectivity index is 2.35. The maximum Gasteiger partial charge on any atom is 0.0146 e. The van der Waals surface area contributed by atoms with E-state index in [9.17, 15) is 0 Å². The fourth-order valence-electron chi connectivity index (χ4n) is 1.30. The van der Waals surface area contributed by atoms with Crippen LogP contribution in [0.15, 0.2) is 12.3 Å². The smallest absolute Gasteiger partial charge is 0.0146 e. The maximum atomic E-state index is 4.08. The molecule has 0 aromatic heterocycles. The van der Waals surface area contributed by atoms with Crippen LogP contribution in [0.5, 0.6) is 0 Å². The molecule has 10 heavy (non-hydrogen) atoms. The zero-order valence-electron chi connectivity index (χ0n) is 7.06. The number of hydrogen-bond acceptors (Lipinski definition) is 1. The van der Waals surface area contributed by atoms with E-state index >= 15 is 0 Å². The molecule has 0 saturated heterocycles. The molecule has 0 bridgehead atoms. The van der Waals surface area contributed by atoms with Crippen LogP contribution in [0.4, 0.5) is 0 Å². The lowest BCUT2D eigenvalue weighted by atomic mass is 10.3. The summed E-state index contributed by atoms with van der Waals surface area (Å²) in [4.78, 5) is 2.36. The summed E-state index contributed by atoms with van der Waals surface area (Å²) in [6.07, 6.45) is 2.74. The summed E-state index contributed by atoms with van der Waals surface area (Å²) in [6, 6.07) is 0. The van der Waals surface area contributed by atoms with Crippen LogP contribution in [-0.2, 0) is 0 Å². The predicted octanol–water partition coefficient (Wildman–Crippen LogP) is 2.25. The third kappa shape index (κ3) is 1.53. The maximum absolute atomic E-state index is 4.08. The van der Waals surface area contributed by atoms with Crippen LogP contribution in [0, 0.1) is 5.92 Å². The van der Waals surface area contributed by atoms with E-state index in [1.54, 1.807) is 0 Å². The van der Waals surface area contributed by atoms with Gasteiger partial charge in [0.15, 0.2) is 0 Å². The average Bonchev–Trinajstić information content (AvgIpc) is 2.71. The van der Waals surface area contributed by atoms with Crippen molar-refractivity contribution in [3.8, 4) is 0 Å². The fourth-order valence-corrected chi connectivity index (χ4v) is 1.30. The third-order valence-corrected chi connectivity index (χ3v) is 2.22. The highest BCUT2D eigenvalue weighted by Gasteiger charge is 2.26. The standard InChI is InChI=1S/C9H17N/c1-4-10(5-2)8(3)9-6-7-9/h9H,3-7H2,1-2H3. The van der Waals surface area contributed by atoms with Gasteiger partial charge in [0.2, 0.25) is 0 Å². The van der Waals surface area contributed by atoms with Crippen molar-refractivity contribution in [1.29, 1.82) is 0 Å². The third-order valence-electron chi connectivity index (χ3n) is 2.22. The van der Waals surface area contributed by atoms with Gasteiger partial charge in [0, 0.05) is 18.8 Å². The summed E-state index contributed by atoms with van der Waals surface area (Å²) in [5, 5.41) is 0. The Labute approximate surface area is 63.7 Å². The molecule has 0 unspecified atom stereocenters. The van der Waals surface area contributed by atoms with Crippen LogP contribution in [0.1, 0.15) is 26.7 Å². The van der Waals surface area contributed by atoms with Crippen molar-refractivity contribution in [3.63, 3.8) is 0 Å². The molecule has 0 aromatic rings. The zero-order valence-corrected chi connectivity index (χ0v) is 7.06. The van der Waals surface area contributed by atoms with Crippen molar-refractivity contribution in [2.45, 2.75) is 26.7 Å². The Hall–Kier alpha value is -0.460. The highest BCUT2D eigenvalue weighted by molar-refractivity contribution is 5.06. The molecule has 58 valence electrons. The predicted molar refractivity (Wildman–Crippen MR) is 44.8 cm³/mol. The number of hydrogen-bond donors (Lipinski definition) is 0. The Morgan fingerprint density at radius 3 is 2.20 bits per heavy atom. The molecule has 1 saturated carbocycles. The molecule has 0 aliphatic heterocycles. The number of allylic oxidation sites excluding steroid dienone is 1. The van der Waals surface area contributed by atoms with E-state index in [0.29, 0.717) is 0 Å². The molecule has 1 fully saturated rings. The second-order valence-electron chi connectivity index (χ2n) is 2.94. The van der Waals surface area contributed by atoms with Crippen molar-refractivity contribution >= 4 is 0 Å². The number of nitrogens with zero attached hydrogens (tertiary/aromatic N) is 1. The van der Waals surface area contributed by atoms with Gasteiger partial charge in [-0.1, -0.05) is 6.58 Å². The summed E-state index contributed by atoms with van der Waals surface area (Å²) >= 11 is 0. The quantitative estimate of drug-likeness (QED) is 0.577. The van der Waals surface area contributed by atoms with E-state index in [1.165, 1.54) is 18.5 Å². The lowest BCUT2D eigenvalue weighted by Crippen LogP contribution is -2.22. The van der Waals surface area contributed by atoms with Gasteiger partial charge in [-0.25, -0.2) is 0 Å². The second kappa shape index (κ2) is 3.09. The van der Waals surface area contributed by atoms with Crippen LogP contribution >= 0.6 is 0 Å². The van der Waals surface area contributed by atoms with Crippen LogP contribution in [0.3, 0.4) is 0 Å². The van der Waals surface area contributed by atoms with Crippen LogP contribution in [-0.4, -0.2) is 18.0 Å². The van der Waals surface area contributed by atoms with Gasteiger partial charge in [0.05, 0.1) is 0 Å². The van der Waals surface area contributed by atoms with Gasteiger partial charge in [0.1, 0.15) is 0 Å². The molecule has 1 rings (SSSR count). The summed E-state index contributed by atoms with van der Waals surface area (Å²) < 4.78 is 0. The summed E-state index contributed by atoms with van der Waals surface area (Å²) in [5.41, 5.74) is 1.37. The summed E-state index contributed by atoms with van der Waals surface area (Å²) in [6.45, 7) is 10.7. The Morgan fingerprint density at radius 2 is 1.90 bits per heavy atom. The minimum absolute atomic E-state index is 0.833. The second-order valence-corrected chi connectivity index (χ2v) is 2.94. The Kier molecular flexibility index (Phi) is 2.36. The summed E-state index contributed by atoms with van der Waals surface area (Å²) in [7, 11) is 0. The van der Waals surface area contributed by atoms with Crippen LogP contribution < -0.4 is 0 Å². The molecule has 0 amide bonds. The van der Waals surface area contributed by atoms with E-state index in [-0.39, 0.29) is 0 Å². The molecule has 0 aromatic carbocycles. The first-order chi connectivity index (χ1) is 4.79. The van der Waals surface area contributed by atoms with Gasteiger partial charge < -0.3 is 4.90 Å². The van der Waals surface area contributed by atoms with E-state index in [0.717, 1.165) is 19.0 Å². The largest absolute Gasteiger partial charge is 0.376 e. The highest BCUT2D eigenvalue weighted by Crippen LogP contribution is 2.36. The van der Waals surface area contributed by atoms with Crippen molar-refractivity contribution < 1.29 is 0 Å². The van der Waals surface area contributed by atoms with Gasteiger partial charge in [-0.15, -0.1) is 0 Å². The molecule has 1 nitrogen and oxygen atoms in total. The van der Waals surface area contributed by atoms with Gasteiger partial charge in [-0.2, -0.15) is 0 Å². The lowest BCUT2D eigenvalue weighted by Gasteiger charge is -2.22. The van der Waals surface area contributed by atoms with E-state index in [1.807, 2.05) is 0 Å². The molecule has 1 heteroatoms. The molecule has 0 radical (unpaired) electrons. The molecule has 0 spiro atoms. The number of rotatable bonds is 4.